The van der Waals surface area contributed by atoms with Gasteiger partial charge < -0.3 is 25.4 Å². The van der Waals surface area contributed by atoms with Crippen molar-refractivity contribution in [2.75, 3.05) is 11.6 Å². The highest BCUT2D eigenvalue weighted by molar-refractivity contribution is 5.69. The van der Waals surface area contributed by atoms with Crippen molar-refractivity contribution in [2.45, 2.75) is 63.4 Å². The van der Waals surface area contributed by atoms with Crippen LogP contribution in [0.25, 0.3) is 11.4 Å². The predicted molar refractivity (Wildman–Crippen MR) is 119 cm³/mol. The Kier molecular flexibility index (Phi) is 4.96. The summed E-state index contributed by atoms with van der Waals surface area (Å²) < 4.78 is 21.3. The summed E-state index contributed by atoms with van der Waals surface area (Å²) in [4.78, 5) is 6.27. The summed E-state index contributed by atoms with van der Waals surface area (Å²) in [7, 11) is 0. The van der Waals surface area contributed by atoms with Gasteiger partial charge in [0.15, 0.2) is 12.0 Å². The van der Waals surface area contributed by atoms with Crippen LogP contribution in [0, 0.1) is 5.92 Å². The summed E-state index contributed by atoms with van der Waals surface area (Å²) in [6, 6.07) is 5.29. The molecule has 170 valence electrons. The summed E-state index contributed by atoms with van der Waals surface area (Å²) in [5.41, 5.74) is 0.525. The Morgan fingerprint density at radius 3 is 2.75 bits per heavy atom. The molecule has 9 heteroatoms. The normalized spacial score (nSPS) is 33.8. The van der Waals surface area contributed by atoms with E-state index in [4.69, 9.17) is 4.74 Å². The number of nitrogens with zero attached hydrogens (tertiary/aromatic N) is 4. The zero-order valence-corrected chi connectivity index (χ0v) is 18.5. The SMILES string of the molecule is C[C@@H]1C[C@@]2(C)C[C@H](Oc3cnc(-c4ccc(N5C=CNC5)cc4O)nn3)[C@@H](F)[C@@](C)(C1)N2. The summed E-state index contributed by atoms with van der Waals surface area (Å²) in [5.74, 6) is 0.987. The molecular weight excluding hydrogens is 411 g/mol. The lowest BCUT2D eigenvalue weighted by atomic mass is 9.65. The fraction of sp³-hybridized carbons (Fsp3) is 0.522. The van der Waals surface area contributed by atoms with Crippen molar-refractivity contribution in [1.82, 2.24) is 25.8 Å². The van der Waals surface area contributed by atoms with Crippen molar-refractivity contribution < 1.29 is 14.2 Å². The molecule has 2 bridgehead atoms. The number of hydrogen-bond donors (Lipinski definition) is 3. The Bertz CT molecular complexity index is 1030. The van der Waals surface area contributed by atoms with Crippen LogP contribution >= 0.6 is 0 Å². The minimum Gasteiger partial charge on any atom is -0.507 e. The molecule has 0 amide bonds. The van der Waals surface area contributed by atoms with Gasteiger partial charge in [-0.25, -0.2) is 9.37 Å². The fourth-order valence-corrected chi connectivity index (χ4v) is 5.74. The molecular formula is C23H29FN6O2. The molecule has 3 N–H and O–H groups in total. The number of fused-ring (bicyclic) bond motifs is 2. The van der Waals surface area contributed by atoms with Gasteiger partial charge in [-0.2, -0.15) is 0 Å². The number of ether oxygens (including phenoxy) is 1. The number of phenolic OH excluding ortho intramolecular Hbond substituents is 1. The van der Waals surface area contributed by atoms with Crippen molar-refractivity contribution in [3.63, 3.8) is 0 Å². The molecule has 2 fully saturated rings. The van der Waals surface area contributed by atoms with Gasteiger partial charge in [-0.1, -0.05) is 6.92 Å². The van der Waals surface area contributed by atoms with E-state index in [1.54, 1.807) is 12.1 Å². The van der Waals surface area contributed by atoms with Gasteiger partial charge in [-0.3, -0.25) is 0 Å². The third-order valence-corrected chi connectivity index (χ3v) is 6.75. The Labute approximate surface area is 186 Å². The molecule has 0 spiro atoms. The van der Waals surface area contributed by atoms with Crippen molar-refractivity contribution in [2.24, 2.45) is 5.92 Å². The van der Waals surface area contributed by atoms with Crippen LogP contribution in [0.4, 0.5) is 10.1 Å². The van der Waals surface area contributed by atoms with E-state index in [9.17, 15) is 5.11 Å². The summed E-state index contributed by atoms with van der Waals surface area (Å²) in [5, 5.41) is 25.3. The third-order valence-electron chi connectivity index (χ3n) is 6.75. The van der Waals surface area contributed by atoms with Crippen molar-refractivity contribution >= 4 is 5.69 Å². The molecule has 4 heterocycles. The largest absolute Gasteiger partial charge is 0.507 e. The third kappa shape index (κ3) is 3.74. The number of aromatic hydroxyl groups is 1. The highest BCUT2D eigenvalue weighted by Gasteiger charge is 2.55. The van der Waals surface area contributed by atoms with Crippen molar-refractivity contribution in [1.29, 1.82) is 0 Å². The molecule has 2 aromatic rings. The molecule has 5 rings (SSSR count). The first-order valence-electron chi connectivity index (χ1n) is 11.0. The molecule has 0 radical (unpaired) electrons. The zero-order chi connectivity index (χ0) is 22.5. The first-order chi connectivity index (χ1) is 15.2. The van der Waals surface area contributed by atoms with E-state index in [2.05, 4.69) is 39.7 Å². The smallest absolute Gasteiger partial charge is 0.252 e. The monoisotopic (exact) mass is 440 g/mol. The maximum absolute atomic E-state index is 15.4. The molecule has 1 aromatic heterocycles. The van der Waals surface area contributed by atoms with Crippen LogP contribution in [0.3, 0.4) is 0 Å². The number of anilines is 1. The van der Waals surface area contributed by atoms with E-state index in [-0.39, 0.29) is 23.0 Å². The van der Waals surface area contributed by atoms with Gasteiger partial charge in [0.25, 0.3) is 5.88 Å². The minimum atomic E-state index is -1.16. The maximum atomic E-state index is 15.4. The fourth-order valence-electron chi connectivity index (χ4n) is 5.74. The average molecular weight is 441 g/mol. The lowest BCUT2D eigenvalue weighted by Gasteiger charge is -2.56. The molecule has 3 aliphatic heterocycles. The number of rotatable bonds is 4. The highest BCUT2D eigenvalue weighted by Crippen LogP contribution is 2.44. The minimum absolute atomic E-state index is 0.0586. The van der Waals surface area contributed by atoms with Crippen molar-refractivity contribution in [3.05, 3.63) is 36.8 Å². The molecule has 32 heavy (non-hydrogen) atoms. The molecule has 1 aromatic carbocycles. The number of alkyl halides is 1. The Morgan fingerprint density at radius 2 is 2.06 bits per heavy atom. The molecule has 8 nitrogen and oxygen atoms in total. The van der Waals surface area contributed by atoms with Crippen molar-refractivity contribution in [3.8, 4) is 23.0 Å². The zero-order valence-electron chi connectivity index (χ0n) is 18.5. The first-order valence-corrected chi connectivity index (χ1v) is 11.0. The number of piperidine rings is 2. The van der Waals surface area contributed by atoms with Crippen LogP contribution in [-0.2, 0) is 0 Å². The summed E-state index contributed by atoms with van der Waals surface area (Å²) in [6.45, 7) is 6.90. The molecule has 0 saturated carbocycles. The Balaban J connectivity index is 1.32. The molecule has 0 aliphatic carbocycles. The summed E-state index contributed by atoms with van der Waals surface area (Å²) in [6.07, 6.45) is 5.71. The molecule has 3 aliphatic rings. The number of phenols is 1. The lowest BCUT2D eigenvalue weighted by molar-refractivity contribution is -0.0750. The first kappa shape index (κ1) is 20.9. The number of hydrogen-bond acceptors (Lipinski definition) is 8. The Morgan fingerprint density at radius 1 is 1.22 bits per heavy atom. The van der Waals surface area contributed by atoms with Crippen LogP contribution < -0.4 is 20.3 Å². The standard InChI is InChI=1S/C23H29FN6O2/c1-14-9-22(2)11-18(20(24)23(3,10-14)29-22)32-19-12-26-21(28-27-19)16-5-4-15(8-17(16)31)30-7-6-25-13-30/h4-8,12,14,18,20,25,29,31H,9-11,13H2,1-3H3/t14-,18+,20-,22+,23-/m1/s1. The van der Waals surface area contributed by atoms with Gasteiger partial charge in [0.2, 0.25) is 0 Å². The number of nitrogens with one attached hydrogen (secondary N) is 2. The molecule has 2 saturated heterocycles. The van der Waals surface area contributed by atoms with E-state index in [0.717, 1.165) is 18.5 Å². The second kappa shape index (κ2) is 7.58. The van der Waals surface area contributed by atoms with Crippen LogP contribution in [0.15, 0.2) is 36.8 Å². The summed E-state index contributed by atoms with van der Waals surface area (Å²) >= 11 is 0. The number of benzene rings is 1. The van der Waals surface area contributed by atoms with E-state index in [0.29, 0.717) is 24.6 Å². The van der Waals surface area contributed by atoms with E-state index in [1.807, 2.05) is 30.3 Å². The topological polar surface area (TPSA) is 95.4 Å². The van der Waals surface area contributed by atoms with Gasteiger partial charge in [-0.15, -0.1) is 10.2 Å². The van der Waals surface area contributed by atoms with Crippen LogP contribution in [0.1, 0.15) is 40.0 Å². The van der Waals surface area contributed by atoms with Gasteiger partial charge in [0.1, 0.15) is 11.9 Å². The van der Waals surface area contributed by atoms with E-state index >= 15 is 4.39 Å². The average Bonchev–Trinajstić information content (AvgIpc) is 3.26. The van der Waals surface area contributed by atoms with Crippen LogP contribution in [0.2, 0.25) is 0 Å². The second-order valence-electron chi connectivity index (χ2n) is 9.85. The number of halogens is 1. The highest BCUT2D eigenvalue weighted by atomic mass is 19.1. The maximum Gasteiger partial charge on any atom is 0.252 e. The quantitative estimate of drug-likeness (QED) is 0.668. The van der Waals surface area contributed by atoms with E-state index in [1.165, 1.54) is 6.20 Å². The van der Waals surface area contributed by atoms with Gasteiger partial charge in [-0.05, 0) is 44.7 Å². The molecule has 5 atom stereocenters. The van der Waals surface area contributed by atoms with Crippen LogP contribution in [-0.4, -0.2) is 50.3 Å². The predicted octanol–water partition coefficient (Wildman–Crippen LogP) is 3.11. The lowest BCUT2D eigenvalue weighted by Crippen LogP contribution is -2.72. The van der Waals surface area contributed by atoms with Crippen LogP contribution in [0.5, 0.6) is 11.6 Å². The van der Waals surface area contributed by atoms with E-state index < -0.39 is 17.8 Å². The van der Waals surface area contributed by atoms with Gasteiger partial charge >= 0.3 is 0 Å². The Hall–Kier alpha value is -2.94. The van der Waals surface area contributed by atoms with Gasteiger partial charge in [0, 0.05) is 36.1 Å². The van der Waals surface area contributed by atoms with Gasteiger partial charge in [0.05, 0.1) is 24.0 Å². The number of aromatic nitrogens is 3. The molecule has 0 unspecified atom stereocenters. The second-order valence-corrected chi connectivity index (χ2v) is 9.85.